The molecule has 0 saturated carbocycles. The molecule has 0 aliphatic heterocycles. The second kappa shape index (κ2) is 7.14. The van der Waals surface area contributed by atoms with Gasteiger partial charge in [-0.05, 0) is 12.1 Å². The zero-order valence-corrected chi connectivity index (χ0v) is 9.50. The van der Waals surface area contributed by atoms with Gasteiger partial charge in [0.2, 0.25) is 0 Å². The topological polar surface area (TPSA) is 104 Å². The van der Waals surface area contributed by atoms with Crippen LogP contribution in [0.25, 0.3) is 0 Å². The first kappa shape index (κ1) is 14.8. The van der Waals surface area contributed by atoms with Gasteiger partial charge in [-0.15, -0.1) is 0 Å². The summed E-state index contributed by atoms with van der Waals surface area (Å²) >= 11 is 0. The molecule has 0 saturated heterocycles. The second-order valence-electron chi connectivity index (χ2n) is 2.65. The Morgan fingerprint density at radius 2 is 1.69 bits per heavy atom. The van der Waals surface area contributed by atoms with Crippen molar-refractivity contribution in [2.45, 2.75) is 13.3 Å². The first-order valence-electron chi connectivity index (χ1n) is 4.37. The van der Waals surface area contributed by atoms with E-state index in [1.807, 2.05) is 18.2 Å². The summed E-state index contributed by atoms with van der Waals surface area (Å²) in [5.74, 6) is 0.413. The third kappa shape index (κ3) is 10.9. The van der Waals surface area contributed by atoms with Crippen LogP contribution in [0, 0.1) is 0 Å². The summed E-state index contributed by atoms with van der Waals surface area (Å²) in [4.78, 5) is 32.3. The molecule has 0 unspecified atom stereocenters. The molecule has 6 nitrogen and oxygen atoms in total. The average Bonchev–Trinajstić information content (AvgIpc) is 2.16. The highest BCUT2D eigenvalue weighted by Gasteiger charge is 2.00. The predicted molar refractivity (Wildman–Crippen MR) is 56.6 cm³/mol. The van der Waals surface area contributed by atoms with Crippen LogP contribution in [-0.2, 0) is 9.36 Å². The zero-order valence-electron chi connectivity index (χ0n) is 8.61. The van der Waals surface area contributed by atoms with Crippen LogP contribution in [-0.4, -0.2) is 20.6 Å². The van der Waals surface area contributed by atoms with Crippen LogP contribution in [0.2, 0.25) is 0 Å². The molecule has 1 aromatic rings. The van der Waals surface area contributed by atoms with E-state index in [1.54, 1.807) is 19.1 Å². The lowest BCUT2D eigenvalue weighted by atomic mass is 10.3. The van der Waals surface area contributed by atoms with Gasteiger partial charge in [0.25, 0.3) is 0 Å². The Hall–Kier alpha value is -1.20. The second-order valence-corrected chi connectivity index (χ2v) is 3.68. The van der Waals surface area contributed by atoms with Gasteiger partial charge in [-0.3, -0.25) is 4.79 Å². The van der Waals surface area contributed by atoms with Gasteiger partial charge in [-0.1, -0.05) is 25.1 Å². The molecule has 0 heterocycles. The van der Waals surface area contributed by atoms with Crippen molar-refractivity contribution in [3.05, 3.63) is 30.3 Å². The Balaban J connectivity index is 0.000000385. The molecule has 1 aromatic carbocycles. The van der Waals surface area contributed by atoms with E-state index in [0.717, 1.165) is 0 Å². The zero-order chi connectivity index (χ0) is 12.6. The monoisotopic (exact) mass is 248 g/mol. The lowest BCUT2D eigenvalue weighted by Crippen LogP contribution is -2.04. The average molecular weight is 248 g/mol. The summed E-state index contributed by atoms with van der Waals surface area (Å²) in [6, 6.07) is 9.06. The molecule has 0 aromatic heterocycles. The number of hydrogen-bond acceptors (Lipinski definition) is 3. The molecule has 1 rings (SSSR count). The van der Waals surface area contributed by atoms with Crippen molar-refractivity contribution in [2.75, 3.05) is 0 Å². The Labute approximate surface area is 92.7 Å². The smallest absolute Gasteiger partial charge is 0.427 e. The molecule has 3 N–H and O–H groups in total. The van der Waals surface area contributed by atoms with E-state index in [4.69, 9.17) is 24.0 Å². The Bertz CT molecular complexity index is 349. The van der Waals surface area contributed by atoms with Gasteiger partial charge in [-0.25, -0.2) is 4.57 Å². The molecule has 90 valence electrons. The lowest BCUT2D eigenvalue weighted by molar-refractivity contribution is -0.134. The molecule has 0 fully saturated rings. The summed E-state index contributed by atoms with van der Waals surface area (Å²) in [5, 5.41) is 0. The molecule has 0 radical (unpaired) electrons. The minimum absolute atomic E-state index is 0.198. The van der Waals surface area contributed by atoms with Gasteiger partial charge in [0.15, 0.2) is 0 Å². The highest BCUT2D eigenvalue weighted by molar-refractivity contribution is 7.45. The largest absolute Gasteiger partial charge is 0.466 e. The van der Waals surface area contributed by atoms with Crippen molar-refractivity contribution in [3.63, 3.8) is 0 Å². The van der Waals surface area contributed by atoms with Crippen LogP contribution in [0.15, 0.2) is 30.3 Å². The fourth-order valence-electron chi connectivity index (χ4n) is 0.692. The van der Waals surface area contributed by atoms with Crippen molar-refractivity contribution in [2.24, 2.45) is 0 Å². The Morgan fingerprint density at radius 3 is 2.06 bits per heavy atom. The summed E-state index contributed by atoms with van der Waals surface area (Å²) in [6.45, 7) is 1.77. The number of esters is 1. The van der Waals surface area contributed by atoms with Gasteiger partial charge >= 0.3 is 13.8 Å². The van der Waals surface area contributed by atoms with E-state index >= 15 is 0 Å². The SMILES string of the molecule is CCC(=O)Oc1ccccc1.O=P(O)(O)O. The molecule has 16 heavy (non-hydrogen) atoms. The van der Waals surface area contributed by atoms with E-state index < -0.39 is 7.82 Å². The number of carbonyl (C=O) groups excluding carboxylic acids is 1. The van der Waals surface area contributed by atoms with Gasteiger partial charge < -0.3 is 19.4 Å². The minimum atomic E-state index is -4.64. The van der Waals surface area contributed by atoms with E-state index in [0.29, 0.717) is 12.2 Å². The summed E-state index contributed by atoms with van der Waals surface area (Å²) in [7, 11) is -4.64. The van der Waals surface area contributed by atoms with Crippen LogP contribution in [0.3, 0.4) is 0 Å². The van der Waals surface area contributed by atoms with Gasteiger partial charge in [-0.2, -0.15) is 0 Å². The van der Waals surface area contributed by atoms with E-state index in [9.17, 15) is 4.79 Å². The van der Waals surface area contributed by atoms with Crippen LogP contribution in [0.4, 0.5) is 0 Å². The predicted octanol–water partition coefficient (Wildman–Crippen LogP) is 1.07. The van der Waals surface area contributed by atoms with Crippen LogP contribution < -0.4 is 4.74 Å². The van der Waals surface area contributed by atoms with Crippen molar-refractivity contribution >= 4 is 13.8 Å². The molecule has 0 amide bonds. The first-order valence-corrected chi connectivity index (χ1v) is 5.93. The molecule has 0 bridgehead atoms. The van der Waals surface area contributed by atoms with E-state index in [-0.39, 0.29) is 5.97 Å². The quantitative estimate of drug-likeness (QED) is 0.411. The summed E-state index contributed by atoms with van der Waals surface area (Å²) < 4.78 is 13.8. The van der Waals surface area contributed by atoms with Crippen molar-refractivity contribution < 1.29 is 28.8 Å². The maximum atomic E-state index is 10.8. The molecular formula is C9H13O6P. The number of para-hydroxylation sites is 1. The number of benzene rings is 1. The molecule has 0 aliphatic rings. The summed E-state index contributed by atoms with van der Waals surface area (Å²) in [5.41, 5.74) is 0. The molecule has 0 aliphatic carbocycles. The normalized spacial score (nSPS) is 10.0. The number of phosphoric acid groups is 1. The third-order valence-electron chi connectivity index (χ3n) is 1.26. The first-order chi connectivity index (χ1) is 7.33. The fraction of sp³-hybridized carbons (Fsp3) is 0.222. The van der Waals surface area contributed by atoms with E-state index in [2.05, 4.69) is 0 Å². The van der Waals surface area contributed by atoms with Crippen molar-refractivity contribution in [3.8, 4) is 5.75 Å². The number of rotatable bonds is 2. The minimum Gasteiger partial charge on any atom is -0.427 e. The number of hydrogen-bond donors (Lipinski definition) is 3. The van der Waals surface area contributed by atoms with Gasteiger partial charge in [0, 0.05) is 6.42 Å². The molecule has 0 spiro atoms. The Kier molecular flexibility index (Phi) is 6.60. The maximum absolute atomic E-state index is 10.8. The number of carbonyl (C=O) groups is 1. The standard InChI is InChI=1S/C9H10O2.H3O4P/c1-2-9(10)11-8-6-4-3-5-7-8;1-5(2,3)4/h3-7H,2H2,1H3;(H3,1,2,3,4). The Morgan fingerprint density at radius 1 is 1.25 bits per heavy atom. The summed E-state index contributed by atoms with van der Waals surface area (Å²) in [6.07, 6.45) is 0.412. The lowest BCUT2D eigenvalue weighted by Gasteiger charge is -1.99. The van der Waals surface area contributed by atoms with E-state index in [1.165, 1.54) is 0 Å². The van der Waals surface area contributed by atoms with Gasteiger partial charge in [0.05, 0.1) is 0 Å². The van der Waals surface area contributed by atoms with Crippen LogP contribution in [0.5, 0.6) is 5.75 Å². The molecule has 7 heteroatoms. The fourth-order valence-corrected chi connectivity index (χ4v) is 0.692. The third-order valence-corrected chi connectivity index (χ3v) is 1.26. The molecular weight excluding hydrogens is 235 g/mol. The van der Waals surface area contributed by atoms with Gasteiger partial charge in [0.1, 0.15) is 5.75 Å². The van der Waals surface area contributed by atoms with Crippen LogP contribution in [0.1, 0.15) is 13.3 Å². The van der Waals surface area contributed by atoms with Crippen LogP contribution >= 0.6 is 7.82 Å². The maximum Gasteiger partial charge on any atom is 0.466 e. The molecule has 0 atom stereocenters. The highest BCUT2D eigenvalue weighted by Crippen LogP contribution is 2.25. The van der Waals surface area contributed by atoms with Crippen molar-refractivity contribution in [1.82, 2.24) is 0 Å². The highest BCUT2D eigenvalue weighted by atomic mass is 31.2. The number of ether oxygens (including phenoxy) is 1. The van der Waals surface area contributed by atoms with Crippen molar-refractivity contribution in [1.29, 1.82) is 0 Å².